The van der Waals surface area contributed by atoms with Crippen LogP contribution in [0.2, 0.25) is 0 Å². The van der Waals surface area contributed by atoms with Gasteiger partial charge in [-0.3, -0.25) is 0 Å². The number of nitrogens with one attached hydrogen (secondary N) is 1. The van der Waals surface area contributed by atoms with E-state index in [1.165, 1.54) is 5.56 Å². The largest absolute Gasteiger partial charge is 0.333 e. The molecule has 0 aliphatic heterocycles. The molecule has 0 aliphatic rings. The van der Waals surface area contributed by atoms with E-state index in [1.54, 1.807) is 11.9 Å². The lowest BCUT2D eigenvalue weighted by Gasteiger charge is -2.18. The summed E-state index contributed by atoms with van der Waals surface area (Å²) in [5.74, 6) is 0. The number of benzene rings is 1. The van der Waals surface area contributed by atoms with Crippen molar-refractivity contribution < 1.29 is 4.79 Å². The third-order valence-corrected chi connectivity index (χ3v) is 2.91. The van der Waals surface area contributed by atoms with Gasteiger partial charge in [-0.2, -0.15) is 0 Å². The van der Waals surface area contributed by atoms with Gasteiger partial charge >= 0.3 is 6.03 Å². The van der Waals surface area contributed by atoms with E-state index >= 15 is 0 Å². The van der Waals surface area contributed by atoms with E-state index in [2.05, 4.69) is 59.0 Å². The summed E-state index contributed by atoms with van der Waals surface area (Å²) in [7, 11) is 1.78. The van der Waals surface area contributed by atoms with E-state index in [0.717, 1.165) is 16.5 Å². The van der Waals surface area contributed by atoms with E-state index in [4.69, 9.17) is 0 Å². The molecule has 0 unspecified atom stereocenters. The zero-order chi connectivity index (χ0) is 13.5. The number of hydrogen-bond acceptors (Lipinski definition) is 1. The molecular formula is C14H19BrN2O. The number of rotatable bonds is 5. The lowest BCUT2D eigenvalue weighted by Crippen LogP contribution is -2.37. The van der Waals surface area contributed by atoms with Crippen molar-refractivity contribution in [3.8, 4) is 0 Å². The maximum atomic E-state index is 11.7. The predicted octanol–water partition coefficient (Wildman–Crippen LogP) is 3.30. The predicted molar refractivity (Wildman–Crippen MR) is 78.8 cm³/mol. The van der Waals surface area contributed by atoms with Gasteiger partial charge in [-0.1, -0.05) is 53.7 Å². The maximum absolute atomic E-state index is 11.7. The smallest absolute Gasteiger partial charge is 0.317 e. The Morgan fingerprint density at radius 2 is 1.89 bits per heavy atom. The minimum absolute atomic E-state index is 0.102. The lowest BCUT2D eigenvalue weighted by atomic mass is 10.1. The second-order valence-corrected chi connectivity index (χ2v) is 5.32. The van der Waals surface area contributed by atoms with Gasteiger partial charge in [-0.15, -0.1) is 0 Å². The Bertz CT molecular complexity index is 414. The number of urea groups is 1. The average molecular weight is 311 g/mol. The summed E-state index contributed by atoms with van der Waals surface area (Å²) in [6, 6.07) is 8.22. The third kappa shape index (κ3) is 4.92. The van der Waals surface area contributed by atoms with Crippen molar-refractivity contribution in [3.63, 3.8) is 0 Å². The molecule has 0 aliphatic carbocycles. The molecule has 0 fully saturated rings. The monoisotopic (exact) mass is 310 g/mol. The van der Waals surface area contributed by atoms with Gasteiger partial charge in [0.25, 0.3) is 0 Å². The number of amides is 2. The molecule has 1 aromatic carbocycles. The molecule has 98 valence electrons. The zero-order valence-electron chi connectivity index (χ0n) is 10.9. The summed E-state index contributed by atoms with van der Waals surface area (Å²) in [4.78, 5) is 13.4. The second kappa shape index (κ2) is 7.21. The van der Waals surface area contributed by atoms with Crippen LogP contribution in [0.4, 0.5) is 4.79 Å². The highest BCUT2D eigenvalue weighted by molar-refractivity contribution is 9.11. The fraction of sp³-hybridized carbons (Fsp3) is 0.357. The van der Waals surface area contributed by atoms with Crippen molar-refractivity contribution in [2.45, 2.75) is 19.9 Å². The van der Waals surface area contributed by atoms with Gasteiger partial charge in [0.05, 0.1) is 6.54 Å². The van der Waals surface area contributed by atoms with Crippen LogP contribution in [-0.2, 0) is 13.0 Å². The van der Waals surface area contributed by atoms with Crippen molar-refractivity contribution in [1.82, 2.24) is 10.2 Å². The van der Waals surface area contributed by atoms with E-state index in [9.17, 15) is 4.79 Å². The molecule has 0 bridgehead atoms. The highest BCUT2D eigenvalue weighted by Crippen LogP contribution is 2.07. The first kappa shape index (κ1) is 14.8. The van der Waals surface area contributed by atoms with Crippen LogP contribution < -0.4 is 5.32 Å². The molecule has 0 atom stereocenters. The Balaban J connectivity index is 2.49. The van der Waals surface area contributed by atoms with Crippen LogP contribution in [0, 0.1) is 0 Å². The van der Waals surface area contributed by atoms with Gasteiger partial charge in [0.1, 0.15) is 0 Å². The van der Waals surface area contributed by atoms with E-state index in [0.29, 0.717) is 13.1 Å². The summed E-state index contributed by atoms with van der Waals surface area (Å²) >= 11 is 3.21. The number of halogens is 1. The number of hydrogen-bond donors (Lipinski definition) is 1. The number of aryl methyl sites for hydroxylation is 1. The third-order valence-electron chi connectivity index (χ3n) is 2.63. The van der Waals surface area contributed by atoms with Gasteiger partial charge in [0.15, 0.2) is 0 Å². The van der Waals surface area contributed by atoms with Crippen LogP contribution in [0.1, 0.15) is 18.1 Å². The van der Waals surface area contributed by atoms with E-state index in [-0.39, 0.29) is 6.03 Å². The van der Waals surface area contributed by atoms with Crippen molar-refractivity contribution in [3.05, 3.63) is 46.5 Å². The minimum Gasteiger partial charge on any atom is -0.333 e. The number of carbonyl (C=O) groups is 1. The Morgan fingerprint density at radius 3 is 2.39 bits per heavy atom. The molecule has 0 aromatic heterocycles. The molecular weight excluding hydrogens is 292 g/mol. The zero-order valence-corrected chi connectivity index (χ0v) is 12.5. The highest BCUT2D eigenvalue weighted by Gasteiger charge is 2.08. The average Bonchev–Trinajstić information content (AvgIpc) is 2.36. The number of carbonyl (C=O) groups excluding carboxylic acids is 1. The Kier molecular flexibility index (Phi) is 5.92. The molecule has 0 saturated heterocycles. The van der Waals surface area contributed by atoms with Crippen LogP contribution >= 0.6 is 15.9 Å². The fourth-order valence-electron chi connectivity index (χ4n) is 1.53. The summed E-state index contributed by atoms with van der Waals surface area (Å²) < 4.78 is 0.761. The SMILES string of the molecule is C=C(Br)CNC(=O)N(C)Cc1ccc(CC)cc1. The van der Waals surface area contributed by atoms with Gasteiger partial charge in [-0.05, 0) is 17.5 Å². The van der Waals surface area contributed by atoms with Gasteiger partial charge in [0, 0.05) is 18.1 Å². The van der Waals surface area contributed by atoms with Gasteiger partial charge in [0.2, 0.25) is 0 Å². The van der Waals surface area contributed by atoms with E-state index in [1.807, 2.05) is 0 Å². The molecule has 18 heavy (non-hydrogen) atoms. The summed E-state index contributed by atoms with van der Waals surface area (Å²) in [5.41, 5.74) is 2.43. The molecule has 1 aromatic rings. The molecule has 0 heterocycles. The topological polar surface area (TPSA) is 32.3 Å². The molecule has 2 amide bonds. The highest BCUT2D eigenvalue weighted by atomic mass is 79.9. The Morgan fingerprint density at radius 1 is 1.33 bits per heavy atom. The molecule has 3 nitrogen and oxygen atoms in total. The lowest BCUT2D eigenvalue weighted by molar-refractivity contribution is 0.208. The van der Waals surface area contributed by atoms with Crippen molar-refractivity contribution in [1.29, 1.82) is 0 Å². The first-order valence-corrected chi connectivity index (χ1v) is 6.72. The fourth-order valence-corrected chi connectivity index (χ4v) is 1.67. The molecule has 0 radical (unpaired) electrons. The van der Waals surface area contributed by atoms with Crippen LogP contribution in [0.5, 0.6) is 0 Å². The molecule has 0 spiro atoms. The number of nitrogens with zero attached hydrogens (tertiary/aromatic N) is 1. The van der Waals surface area contributed by atoms with Crippen molar-refractivity contribution >= 4 is 22.0 Å². The van der Waals surface area contributed by atoms with Crippen LogP contribution in [-0.4, -0.2) is 24.5 Å². The quantitative estimate of drug-likeness (QED) is 0.889. The molecule has 4 heteroatoms. The Labute approximate surface area is 117 Å². The first-order chi connectivity index (χ1) is 8.52. The van der Waals surface area contributed by atoms with Gasteiger partial charge < -0.3 is 10.2 Å². The van der Waals surface area contributed by atoms with Gasteiger partial charge in [-0.25, -0.2) is 4.79 Å². The standard InChI is InChI=1S/C14H19BrN2O/c1-4-12-5-7-13(8-6-12)10-17(3)14(18)16-9-11(2)15/h5-8H,2,4,9-10H2,1,3H3,(H,16,18). The molecule has 1 rings (SSSR count). The Hall–Kier alpha value is -1.29. The normalized spacial score (nSPS) is 9.94. The van der Waals surface area contributed by atoms with Crippen molar-refractivity contribution in [2.75, 3.05) is 13.6 Å². The van der Waals surface area contributed by atoms with Crippen LogP contribution in [0.25, 0.3) is 0 Å². The van der Waals surface area contributed by atoms with Crippen molar-refractivity contribution in [2.24, 2.45) is 0 Å². The molecule has 0 saturated carbocycles. The molecule has 1 N–H and O–H groups in total. The first-order valence-electron chi connectivity index (χ1n) is 5.93. The summed E-state index contributed by atoms with van der Waals surface area (Å²) in [6.45, 7) is 6.84. The second-order valence-electron chi connectivity index (χ2n) is 4.20. The van der Waals surface area contributed by atoms with Crippen LogP contribution in [0.15, 0.2) is 35.3 Å². The van der Waals surface area contributed by atoms with E-state index < -0.39 is 0 Å². The van der Waals surface area contributed by atoms with Crippen LogP contribution in [0.3, 0.4) is 0 Å². The summed E-state index contributed by atoms with van der Waals surface area (Å²) in [6.07, 6.45) is 1.03. The minimum atomic E-state index is -0.102. The maximum Gasteiger partial charge on any atom is 0.317 e. The summed E-state index contributed by atoms with van der Waals surface area (Å²) in [5, 5.41) is 2.77.